The fourth-order valence-electron chi connectivity index (χ4n) is 4.70. The first kappa shape index (κ1) is 31.8. The Morgan fingerprint density at radius 3 is 1.12 bits per heavy atom. The minimum atomic E-state index is -3.30. The molecule has 0 N–H and O–H groups in total. The van der Waals surface area contributed by atoms with E-state index in [0.717, 1.165) is 32.1 Å². The van der Waals surface area contributed by atoms with Crippen molar-refractivity contribution in [3.05, 3.63) is 0 Å². The van der Waals surface area contributed by atoms with Gasteiger partial charge in [-0.2, -0.15) is 4.31 Å². The standard InChI is InChI=1S/C26H57N3O2S/c1-8-11-12-13-14-15-16-17-18-19-20-21-22-23-24-32(30,31)29(25(9-2)27(4)5)26(10-3)28(6)7/h25-26H,8-24H2,1-7H3. The molecule has 2 unspecified atom stereocenters. The Labute approximate surface area is 202 Å². The van der Waals surface area contributed by atoms with Crippen molar-refractivity contribution < 1.29 is 8.42 Å². The monoisotopic (exact) mass is 475 g/mol. The minimum Gasteiger partial charge on any atom is -0.293 e. The number of unbranched alkanes of at least 4 members (excludes halogenated alkanes) is 13. The zero-order valence-electron chi connectivity index (χ0n) is 22.7. The third-order valence-electron chi connectivity index (χ3n) is 6.59. The molecule has 0 aliphatic carbocycles. The van der Waals surface area contributed by atoms with Gasteiger partial charge in [0.15, 0.2) is 0 Å². The summed E-state index contributed by atoms with van der Waals surface area (Å²) >= 11 is 0. The van der Waals surface area contributed by atoms with Gasteiger partial charge < -0.3 is 0 Å². The number of sulfonamides is 1. The molecule has 194 valence electrons. The Morgan fingerprint density at radius 1 is 0.531 bits per heavy atom. The number of rotatable bonds is 22. The maximum atomic E-state index is 13.3. The molecule has 0 spiro atoms. The van der Waals surface area contributed by atoms with E-state index >= 15 is 0 Å². The van der Waals surface area contributed by atoms with Crippen LogP contribution < -0.4 is 0 Å². The molecule has 0 bridgehead atoms. The highest BCUT2D eigenvalue weighted by molar-refractivity contribution is 7.89. The molecular formula is C26H57N3O2S. The molecule has 0 aliphatic heterocycles. The maximum Gasteiger partial charge on any atom is 0.216 e. The van der Waals surface area contributed by atoms with E-state index in [1.165, 1.54) is 70.6 Å². The van der Waals surface area contributed by atoms with Gasteiger partial charge in [0.25, 0.3) is 0 Å². The molecule has 6 heteroatoms. The lowest BCUT2D eigenvalue weighted by molar-refractivity contribution is 0.0495. The van der Waals surface area contributed by atoms with Crippen LogP contribution in [0.5, 0.6) is 0 Å². The van der Waals surface area contributed by atoms with E-state index in [-0.39, 0.29) is 18.1 Å². The van der Waals surface area contributed by atoms with E-state index in [0.29, 0.717) is 0 Å². The normalized spacial score (nSPS) is 14.6. The van der Waals surface area contributed by atoms with Crippen LogP contribution in [0.15, 0.2) is 0 Å². The largest absolute Gasteiger partial charge is 0.293 e. The topological polar surface area (TPSA) is 43.9 Å². The first-order valence-electron chi connectivity index (χ1n) is 13.6. The molecular weight excluding hydrogens is 418 g/mol. The van der Waals surface area contributed by atoms with Crippen LogP contribution in [0.4, 0.5) is 0 Å². The van der Waals surface area contributed by atoms with Crippen LogP contribution in [-0.2, 0) is 10.0 Å². The number of hydrogen-bond acceptors (Lipinski definition) is 4. The zero-order chi connectivity index (χ0) is 24.4. The average molecular weight is 476 g/mol. The highest BCUT2D eigenvalue weighted by atomic mass is 32.2. The summed E-state index contributed by atoms with van der Waals surface area (Å²) in [6.07, 6.45) is 19.3. The van der Waals surface area contributed by atoms with Gasteiger partial charge in [0.05, 0.1) is 18.1 Å². The van der Waals surface area contributed by atoms with E-state index < -0.39 is 10.0 Å². The fourth-order valence-corrected chi connectivity index (χ4v) is 6.90. The van der Waals surface area contributed by atoms with Crippen molar-refractivity contribution in [1.82, 2.24) is 14.1 Å². The lowest BCUT2D eigenvalue weighted by atomic mass is 10.0. The Morgan fingerprint density at radius 2 is 0.844 bits per heavy atom. The Balaban J connectivity index is 4.24. The molecule has 0 aromatic rings. The van der Waals surface area contributed by atoms with Crippen molar-refractivity contribution in [2.75, 3.05) is 33.9 Å². The molecule has 0 aromatic heterocycles. The van der Waals surface area contributed by atoms with Gasteiger partial charge in [0.2, 0.25) is 10.0 Å². The third kappa shape index (κ3) is 13.5. The van der Waals surface area contributed by atoms with E-state index in [1.54, 1.807) is 4.31 Å². The summed E-state index contributed by atoms with van der Waals surface area (Å²) < 4.78 is 28.4. The molecule has 0 saturated carbocycles. The molecule has 2 atom stereocenters. The first-order chi connectivity index (χ1) is 15.2. The van der Waals surface area contributed by atoms with Gasteiger partial charge in [-0.3, -0.25) is 9.80 Å². The van der Waals surface area contributed by atoms with Crippen LogP contribution in [0.25, 0.3) is 0 Å². The summed E-state index contributed by atoms with van der Waals surface area (Å²) in [6, 6.07) is 0. The van der Waals surface area contributed by atoms with Crippen molar-refractivity contribution in [3.63, 3.8) is 0 Å². The molecule has 32 heavy (non-hydrogen) atoms. The predicted octanol–water partition coefficient (Wildman–Crippen LogP) is 6.69. The van der Waals surface area contributed by atoms with Gasteiger partial charge in [-0.15, -0.1) is 0 Å². The summed E-state index contributed by atoms with van der Waals surface area (Å²) in [5.41, 5.74) is 0. The second kappa shape index (κ2) is 19.2. The molecule has 0 aromatic carbocycles. The smallest absolute Gasteiger partial charge is 0.216 e. The van der Waals surface area contributed by atoms with Gasteiger partial charge in [-0.25, -0.2) is 8.42 Å². The second-order valence-electron chi connectivity index (χ2n) is 9.95. The number of hydrogen-bond donors (Lipinski definition) is 0. The van der Waals surface area contributed by atoms with E-state index in [4.69, 9.17) is 0 Å². The SMILES string of the molecule is CCCCCCCCCCCCCCCCS(=O)(=O)N(C(CC)N(C)C)C(CC)N(C)C. The maximum absolute atomic E-state index is 13.3. The molecule has 0 aliphatic rings. The van der Waals surface area contributed by atoms with Crippen LogP contribution >= 0.6 is 0 Å². The van der Waals surface area contributed by atoms with Crippen LogP contribution in [0, 0.1) is 0 Å². The molecule has 0 saturated heterocycles. The highest BCUT2D eigenvalue weighted by Gasteiger charge is 2.36. The summed E-state index contributed by atoms with van der Waals surface area (Å²) in [7, 11) is 4.61. The van der Waals surface area contributed by atoms with Crippen molar-refractivity contribution in [2.24, 2.45) is 0 Å². The van der Waals surface area contributed by atoms with E-state index in [2.05, 4.69) is 20.8 Å². The van der Waals surface area contributed by atoms with E-state index in [1.807, 2.05) is 38.0 Å². The molecule has 0 heterocycles. The summed E-state index contributed by atoms with van der Waals surface area (Å²) in [5.74, 6) is 0.264. The van der Waals surface area contributed by atoms with Crippen LogP contribution in [0.3, 0.4) is 0 Å². The van der Waals surface area contributed by atoms with Gasteiger partial charge in [0.1, 0.15) is 0 Å². The quantitative estimate of drug-likeness (QED) is 0.129. The second-order valence-corrected chi connectivity index (χ2v) is 11.9. The lowest BCUT2D eigenvalue weighted by Crippen LogP contribution is -2.57. The summed E-state index contributed by atoms with van der Waals surface area (Å²) in [4.78, 5) is 4.07. The third-order valence-corrected chi connectivity index (χ3v) is 8.52. The van der Waals surface area contributed by atoms with Crippen molar-refractivity contribution in [1.29, 1.82) is 0 Å². The number of nitrogens with zero attached hydrogens (tertiary/aromatic N) is 3. The fraction of sp³-hybridized carbons (Fsp3) is 1.00. The lowest BCUT2D eigenvalue weighted by Gasteiger charge is -2.42. The van der Waals surface area contributed by atoms with Crippen molar-refractivity contribution >= 4 is 10.0 Å². The van der Waals surface area contributed by atoms with Crippen molar-refractivity contribution in [3.8, 4) is 0 Å². The van der Waals surface area contributed by atoms with E-state index in [9.17, 15) is 8.42 Å². The first-order valence-corrected chi connectivity index (χ1v) is 15.2. The molecule has 5 nitrogen and oxygen atoms in total. The average Bonchev–Trinajstić information content (AvgIpc) is 2.73. The minimum absolute atomic E-state index is 0.0982. The van der Waals surface area contributed by atoms with Crippen molar-refractivity contribution in [2.45, 2.75) is 136 Å². The predicted molar refractivity (Wildman–Crippen MR) is 141 cm³/mol. The van der Waals surface area contributed by atoms with Gasteiger partial charge in [-0.05, 0) is 47.5 Å². The zero-order valence-corrected chi connectivity index (χ0v) is 23.6. The van der Waals surface area contributed by atoms with Crippen LogP contribution in [0.1, 0.15) is 124 Å². The molecule has 0 rings (SSSR count). The highest BCUT2D eigenvalue weighted by Crippen LogP contribution is 2.22. The van der Waals surface area contributed by atoms with Gasteiger partial charge >= 0.3 is 0 Å². The van der Waals surface area contributed by atoms with Gasteiger partial charge in [-0.1, -0.05) is 104 Å². The molecule has 0 radical (unpaired) electrons. The molecule has 0 amide bonds. The summed E-state index contributed by atoms with van der Waals surface area (Å²) in [6.45, 7) is 6.41. The Bertz CT molecular complexity index is 507. The van der Waals surface area contributed by atoms with Crippen LogP contribution in [0.2, 0.25) is 0 Å². The summed E-state index contributed by atoms with van der Waals surface area (Å²) in [5, 5.41) is 0. The molecule has 0 fully saturated rings. The Hall–Kier alpha value is -0.170. The Kier molecular flexibility index (Phi) is 19.1. The van der Waals surface area contributed by atoms with Crippen LogP contribution in [-0.4, -0.2) is 68.8 Å². The van der Waals surface area contributed by atoms with Gasteiger partial charge in [0, 0.05) is 0 Å².